The van der Waals surface area contributed by atoms with Crippen LogP contribution in [-0.4, -0.2) is 6.54 Å². The summed E-state index contributed by atoms with van der Waals surface area (Å²) in [6, 6.07) is 7.78. The van der Waals surface area contributed by atoms with Gasteiger partial charge in [0, 0.05) is 14.2 Å². The molecule has 0 fully saturated rings. The van der Waals surface area contributed by atoms with Gasteiger partial charge in [-0.25, -0.2) is 0 Å². The Hall–Kier alpha value is 0.480. The van der Waals surface area contributed by atoms with E-state index in [2.05, 4.69) is 34.8 Å². The zero-order valence-electron chi connectivity index (χ0n) is 10.0. The van der Waals surface area contributed by atoms with Gasteiger partial charge in [-0.05, 0) is 59.0 Å². The molecule has 102 valence electrons. The van der Waals surface area contributed by atoms with Crippen molar-refractivity contribution in [3.63, 3.8) is 0 Å². The van der Waals surface area contributed by atoms with E-state index in [0.29, 0.717) is 8.67 Å². The monoisotopic (exact) mass is 445 g/mol. The van der Waals surface area contributed by atoms with Crippen LogP contribution in [0.25, 0.3) is 0 Å². The van der Waals surface area contributed by atoms with E-state index in [1.165, 1.54) is 11.3 Å². The summed E-state index contributed by atoms with van der Waals surface area (Å²) in [6.07, 6.45) is 0. The van der Waals surface area contributed by atoms with Crippen molar-refractivity contribution in [2.75, 3.05) is 6.54 Å². The van der Waals surface area contributed by atoms with Gasteiger partial charge in [0.05, 0.1) is 14.7 Å². The molecule has 2 aromatic rings. The van der Waals surface area contributed by atoms with Gasteiger partial charge < -0.3 is 5.32 Å². The molecule has 0 saturated carbocycles. The Balaban J connectivity index is 2.51. The molecule has 0 radical (unpaired) electrons. The first-order valence-corrected chi connectivity index (χ1v) is 8.69. The molecule has 0 bridgehead atoms. The van der Waals surface area contributed by atoms with Crippen LogP contribution in [0.4, 0.5) is 0 Å². The zero-order valence-corrected chi connectivity index (χ0v) is 15.3. The lowest BCUT2D eigenvalue weighted by molar-refractivity contribution is 0.630. The molecule has 6 heteroatoms. The quantitative estimate of drug-likeness (QED) is 0.567. The number of hydrogen-bond acceptors (Lipinski definition) is 2. The third-order valence-corrected chi connectivity index (χ3v) is 5.41. The number of rotatable bonds is 4. The molecule has 0 spiro atoms. The van der Waals surface area contributed by atoms with Gasteiger partial charge >= 0.3 is 0 Å². The van der Waals surface area contributed by atoms with E-state index >= 15 is 0 Å². The summed E-state index contributed by atoms with van der Waals surface area (Å²) in [7, 11) is 0. The molecule has 1 N–H and O–H groups in total. The van der Waals surface area contributed by atoms with Crippen molar-refractivity contribution in [1.82, 2.24) is 5.32 Å². The number of hydrogen-bond donors (Lipinski definition) is 1. The van der Waals surface area contributed by atoms with Crippen LogP contribution in [0.1, 0.15) is 24.1 Å². The molecule has 1 aromatic carbocycles. The van der Waals surface area contributed by atoms with Gasteiger partial charge in [0.2, 0.25) is 0 Å². The first kappa shape index (κ1) is 15.9. The minimum atomic E-state index is 0.00634. The Kier molecular flexibility index (Phi) is 5.81. The Bertz CT molecular complexity index is 585. The molecule has 1 aromatic heterocycles. The third-order valence-electron chi connectivity index (χ3n) is 2.67. The highest BCUT2D eigenvalue weighted by Gasteiger charge is 2.21. The van der Waals surface area contributed by atoms with Crippen molar-refractivity contribution in [3.05, 3.63) is 52.7 Å². The van der Waals surface area contributed by atoms with E-state index in [9.17, 15) is 0 Å². The average molecular weight is 447 g/mol. The first-order valence-electron chi connectivity index (χ1n) is 5.66. The van der Waals surface area contributed by atoms with Gasteiger partial charge in [0.1, 0.15) is 0 Å². The molecule has 0 aliphatic rings. The lowest BCUT2D eigenvalue weighted by atomic mass is 10.0. The largest absolute Gasteiger partial charge is 0.306 e. The van der Waals surface area contributed by atoms with Gasteiger partial charge in [0.25, 0.3) is 0 Å². The van der Waals surface area contributed by atoms with Crippen LogP contribution in [-0.2, 0) is 0 Å². The van der Waals surface area contributed by atoms with E-state index in [4.69, 9.17) is 34.8 Å². The maximum Gasteiger partial charge on any atom is 0.0995 e. The van der Waals surface area contributed by atoms with Crippen LogP contribution in [0, 0.1) is 3.57 Å². The fourth-order valence-corrected chi connectivity index (χ4v) is 4.24. The molecule has 19 heavy (non-hydrogen) atoms. The summed E-state index contributed by atoms with van der Waals surface area (Å²) < 4.78 is 2.55. The minimum absolute atomic E-state index is 0.00634. The second-order valence-electron chi connectivity index (χ2n) is 3.94. The topological polar surface area (TPSA) is 12.0 Å². The maximum atomic E-state index is 6.28. The van der Waals surface area contributed by atoms with E-state index in [0.717, 1.165) is 26.3 Å². The Labute approximate surface area is 145 Å². The summed E-state index contributed by atoms with van der Waals surface area (Å²) >= 11 is 22.1. The van der Waals surface area contributed by atoms with Crippen molar-refractivity contribution < 1.29 is 0 Å². The number of thiophene rings is 1. The first-order chi connectivity index (χ1) is 9.02. The molecule has 0 amide bonds. The smallest absolute Gasteiger partial charge is 0.0995 e. The molecule has 2 rings (SSSR count). The Morgan fingerprint density at radius 3 is 2.53 bits per heavy atom. The normalized spacial score (nSPS) is 12.7. The summed E-state index contributed by atoms with van der Waals surface area (Å²) in [5, 5.41) is 4.16. The van der Waals surface area contributed by atoms with Gasteiger partial charge in [-0.3, -0.25) is 0 Å². The molecule has 1 heterocycles. The predicted octanol–water partition coefficient (Wildman–Crippen LogP) is 6.01. The second kappa shape index (κ2) is 6.96. The number of nitrogens with one attached hydrogen (secondary N) is 1. The van der Waals surface area contributed by atoms with E-state index in [1.807, 2.05) is 24.3 Å². The molecule has 1 atom stereocenters. The van der Waals surface area contributed by atoms with Crippen molar-refractivity contribution in [1.29, 1.82) is 0 Å². The van der Waals surface area contributed by atoms with Gasteiger partial charge in [-0.15, -0.1) is 11.3 Å². The lowest BCUT2D eigenvalue weighted by Crippen LogP contribution is -2.22. The van der Waals surface area contributed by atoms with Crippen molar-refractivity contribution in [2.24, 2.45) is 0 Å². The van der Waals surface area contributed by atoms with Crippen molar-refractivity contribution in [3.8, 4) is 0 Å². The van der Waals surface area contributed by atoms with Gasteiger partial charge in [0.15, 0.2) is 0 Å². The average Bonchev–Trinajstić information content (AvgIpc) is 2.69. The number of halogens is 4. The lowest BCUT2D eigenvalue weighted by Gasteiger charge is -2.19. The van der Waals surface area contributed by atoms with E-state index in [-0.39, 0.29) is 6.04 Å². The Morgan fingerprint density at radius 2 is 1.95 bits per heavy atom. The van der Waals surface area contributed by atoms with Crippen LogP contribution in [0.15, 0.2) is 24.3 Å². The summed E-state index contributed by atoms with van der Waals surface area (Å²) in [5.74, 6) is 0. The fourth-order valence-electron chi connectivity index (χ4n) is 1.88. The van der Waals surface area contributed by atoms with Crippen LogP contribution in [0.5, 0.6) is 0 Å². The molecule has 0 aliphatic heterocycles. The highest BCUT2D eigenvalue weighted by molar-refractivity contribution is 14.1. The second-order valence-corrected chi connectivity index (χ2v) is 7.82. The highest BCUT2D eigenvalue weighted by Crippen LogP contribution is 2.39. The van der Waals surface area contributed by atoms with Crippen LogP contribution in [0.3, 0.4) is 0 Å². The molecule has 1 unspecified atom stereocenters. The molecule has 0 aliphatic carbocycles. The summed E-state index contributed by atoms with van der Waals surface area (Å²) in [6.45, 7) is 2.89. The summed E-state index contributed by atoms with van der Waals surface area (Å²) in [4.78, 5) is 0. The molecule has 1 nitrogen and oxygen atoms in total. The summed E-state index contributed by atoms with van der Waals surface area (Å²) in [5.41, 5.74) is 2.12. The molecular formula is C13H11Cl3INS. The van der Waals surface area contributed by atoms with Crippen molar-refractivity contribution in [2.45, 2.75) is 13.0 Å². The van der Waals surface area contributed by atoms with Gasteiger partial charge in [-0.2, -0.15) is 0 Å². The van der Waals surface area contributed by atoms with Crippen LogP contribution in [0.2, 0.25) is 13.7 Å². The van der Waals surface area contributed by atoms with E-state index < -0.39 is 0 Å². The van der Waals surface area contributed by atoms with Crippen LogP contribution >= 0.6 is 68.7 Å². The number of benzene rings is 1. The predicted molar refractivity (Wildman–Crippen MR) is 94.0 cm³/mol. The standard InChI is InChI=1S/C13H11Cl3INS/c1-2-18-12(9-6-11(15)19-13(9)16)8-5-7(14)3-4-10(8)17/h3-6,12,18H,2H2,1H3. The molecular weight excluding hydrogens is 435 g/mol. The third kappa shape index (κ3) is 3.77. The maximum absolute atomic E-state index is 6.28. The van der Waals surface area contributed by atoms with Crippen molar-refractivity contribution >= 4 is 68.7 Å². The molecule has 0 saturated heterocycles. The van der Waals surface area contributed by atoms with Crippen LogP contribution < -0.4 is 5.32 Å². The zero-order chi connectivity index (χ0) is 14.0. The fraction of sp³-hybridized carbons (Fsp3) is 0.231. The van der Waals surface area contributed by atoms with Gasteiger partial charge in [-0.1, -0.05) is 41.7 Å². The minimum Gasteiger partial charge on any atom is -0.306 e. The highest BCUT2D eigenvalue weighted by atomic mass is 127. The SMILES string of the molecule is CCNC(c1cc(Cl)ccc1I)c1cc(Cl)sc1Cl. The van der Waals surface area contributed by atoms with E-state index in [1.54, 1.807) is 0 Å². The Morgan fingerprint density at radius 1 is 1.21 bits per heavy atom.